The second-order valence-corrected chi connectivity index (χ2v) is 30.9. The van der Waals surface area contributed by atoms with Crippen LogP contribution >= 0.6 is 15.6 Å². The van der Waals surface area contributed by atoms with Crippen LogP contribution in [-0.4, -0.2) is 96.7 Å². The smallest absolute Gasteiger partial charge is 0.462 e. The summed E-state index contributed by atoms with van der Waals surface area (Å²) in [7, 11) is -9.93. The molecule has 19 heteroatoms. The van der Waals surface area contributed by atoms with Gasteiger partial charge in [-0.1, -0.05) is 317 Å². The quantitative estimate of drug-likeness (QED) is 0.0169. The summed E-state index contributed by atoms with van der Waals surface area (Å²) in [5.74, 6) is 0.179. The second kappa shape index (κ2) is 67.1. The Labute approximate surface area is 586 Å². The average molecular weight is 1410 g/mol. The maximum Gasteiger partial charge on any atom is 0.472 e. The van der Waals surface area contributed by atoms with E-state index in [-0.39, 0.29) is 25.7 Å². The van der Waals surface area contributed by atoms with Gasteiger partial charge < -0.3 is 33.8 Å². The van der Waals surface area contributed by atoms with Gasteiger partial charge in [-0.25, -0.2) is 9.13 Å². The molecular formula is C77H146O17P2. The number of allylic oxidation sites excluding steroid dienone is 4. The highest BCUT2D eigenvalue weighted by Gasteiger charge is 2.30. The van der Waals surface area contributed by atoms with E-state index in [1.54, 1.807) is 0 Å². The van der Waals surface area contributed by atoms with Gasteiger partial charge in [0.25, 0.3) is 0 Å². The molecule has 566 valence electrons. The summed E-state index contributed by atoms with van der Waals surface area (Å²) in [6.07, 6.45) is 56.3. The fraction of sp³-hybridized carbons (Fsp3) is 0.896. The van der Waals surface area contributed by atoms with Crippen LogP contribution in [0.15, 0.2) is 24.3 Å². The van der Waals surface area contributed by atoms with Gasteiger partial charge in [-0.15, -0.1) is 0 Å². The Morgan fingerprint density at radius 1 is 0.344 bits per heavy atom. The number of unbranched alkanes of at least 4 members (excludes halogenated alkanes) is 36. The van der Waals surface area contributed by atoms with Gasteiger partial charge in [0.2, 0.25) is 0 Å². The molecule has 0 fully saturated rings. The molecule has 0 aromatic heterocycles. The third-order valence-electron chi connectivity index (χ3n) is 18.0. The molecule has 17 nitrogen and oxygen atoms in total. The van der Waals surface area contributed by atoms with E-state index in [9.17, 15) is 43.2 Å². The zero-order chi connectivity index (χ0) is 70.9. The van der Waals surface area contributed by atoms with Crippen molar-refractivity contribution in [2.45, 2.75) is 388 Å². The topological polar surface area (TPSA) is 237 Å². The molecule has 4 unspecified atom stereocenters. The number of ether oxygens (including phenoxy) is 4. The van der Waals surface area contributed by atoms with Crippen LogP contribution in [0.5, 0.6) is 0 Å². The van der Waals surface area contributed by atoms with Crippen molar-refractivity contribution in [2.75, 3.05) is 39.6 Å². The summed E-state index contributed by atoms with van der Waals surface area (Å²) in [6, 6.07) is 0. The Kier molecular flexibility index (Phi) is 65.3. The molecule has 0 heterocycles. The van der Waals surface area contributed by atoms with Gasteiger partial charge in [-0.2, -0.15) is 0 Å². The maximum atomic E-state index is 13.1. The summed E-state index contributed by atoms with van der Waals surface area (Å²) >= 11 is 0. The van der Waals surface area contributed by atoms with E-state index in [1.807, 2.05) is 0 Å². The summed E-state index contributed by atoms with van der Waals surface area (Å²) < 4.78 is 68.5. The lowest BCUT2D eigenvalue weighted by molar-refractivity contribution is -0.161. The lowest BCUT2D eigenvalue weighted by Gasteiger charge is -2.21. The average Bonchev–Trinajstić information content (AvgIpc) is 2.60. The minimum Gasteiger partial charge on any atom is -0.462 e. The molecule has 0 spiro atoms. The van der Waals surface area contributed by atoms with Crippen LogP contribution in [-0.2, 0) is 65.4 Å². The highest BCUT2D eigenvalue weighted by Crippen LogP contribution is 2.45. The van der Waals surface area contributed by atoms with Crippen molar-refractivity contribution in [3.63, 3.8) is 0 Å². The molecule has 0 amide bonds. The van der Waals surface area contributed by atoms with Gasteiger partial charge >= 0.3 is 39.5 Å². The number of carbonyl (C=O) groups excluding carboxylic acids is 4. The van der Waals surface area contributed by atoms with Gasteiger partial charge in [-0.3, -0.25) is 37.3 Å². The number of hydrogen-bond acceptors (Lipinski definition) is 15. The molecule has 7 atom stereocenters. The molecule has 0 rings (SSSR count). The fourth-order valence-corrected chi connectivity index (χ4v) is 12.8. The number of carbonyl (C=O) groups is 4. The standard InChI is InChI=1S/C77H146O17P2/c1-8-11-12-13-14-15-16-17-18-22-25-32-37-46-53-61-77(82)94-73(65-88-75(80)59-52-45-40-39-41-48-55-68(4)5)67-92-96(85,86)90-63-71(78)62-89-95(83,84)91-66-72(64-87-74(79)58-51-44-36-31-28-27-30-35-43-50-57-70(7)10-3)93-76(81)60-54-47-38-33-26-23-20-19-21-24-29-34-42-49-56-69(6)9-2/h15-18,68-73,78H,8-14,19-67H2,1-7H3,(H,83,84)(H,85,86)/b16-15-,18-17-/t69?,70?,71-,72-,73-/m1/s1. The molecule has 0 aliphatic rings. The zero-order valence-electron chi connectivity index (χ0n) is 62.3. The summed E-state index contributed by atoms with van der Waals surface area (Å²) in [5.41, 5.74) is 0. The maximum absolute atomic E-state index is 13.1. The van der Waals surface area contributed by atoms with Gasteiger partial charge in [0.15, 0.2) is 12.2 Å². The first-order valence-electron chi connectivity index (χ1n) is 39.2. The molecule has 0 saturated carbocycles. The number of phosphoric acid groups is 2. The summed E-state index contributed by atoms with van der Waals surface area (Å²) in [4.78, 5) is 72.8. The van der Waals surface area contributed by atoms with Gasteiger partial charge in [0, 0.05) is 25.7 Å². The molecule has 0 aromatic carbocycles. The highest BCUT2D eigenvalue weighted by atomic mass is 31.2. The van der Waals surface area contributed by atoms with Crippen LogP contribution < -0.4 is 0 Å². The van der Waals surface area contributed by atoms with Crippen LogP contribution in [0.25, 0.3) is 0 Å². The Morgan fingerprint density at radius 3 is 0.927 bits per heavy atom. The van der Waals surface area contributed by atoms with Gasteiger partial charge in [0.1, 0.15) is 19.3 Å². The predicted molar refractivity (Wildman–Crippen MR) is 390 cm³/mol. The zero-order valence-corrected chi connectivity index (χ0v) is 64.1. The Balaban J connectivity index is 5.28. The van der Waals surface area contributed by atoms with E-state index in [1.165, 1.54) is 161 Å². The van der Waals surface area contributed by atoms with E-state index in [4.69, 9.17) is 37.0 Å². The van der Waals surface area contributed by atoms with E-state index in [0.717, 1.165) is 121 Å². The fourth-order valence-electron chi connectivity index (χ4n) is 11.2. The van der Waals surface area contributed by atoms with Crippen molar-refractivity contribution >= 4 is 39.5 Å². The number of aliphatic hydroxyl groups excluding tert-OH is 1. The SMILES string of the molecule is CCCCCC/C=C\C=C/CCCCCCCC(=O)O[C@H](COC(=O)CCCCCCCCC(C)C)COP(=O)(O)OC[C@H](O)COP(=O)(O)OC[C@@H](COC(=O)CCCCCCCCCCCCC(C)CC)OC(=O)CCCCCCCCCCCCCCCCC(C)CC. The monoisotopic (exact) mass is 1410 g/mol. The van der Waals surface area contributed by atoms with Crippen LogP contribution in [0.2, 0.25) is 0 Å². The van der Waals surface area contributed by atoms with Crippen molar-refractivity contribution < 1.29 is 80.2 Å². The van der Waals surface area contributed by atoms with Crippen molar-refractivity contribution in [1.29, 1.82) is 0 Å². The second-order valence-electron chi connectivity index (χ2n) is 28.0. The van der Waals surface area contributed by atoms with E-state index >= 15 is 0 Å². The number of rotatable bonds is 73. The summed E-state index contributed by atoms with van der Waals surface area (Å²) in [5, 5.41) is 10.6. The normalized spacial score (nSPS) is 14.8. The van der Waals surface area contributed by atoms with Gasteiger partial charge in [-0.05, 0) is 69.1 Å². The molecule has 0 aromatic rings. The van der Waals surface area contributed by atoms with Gasteiger partial charge in [0.05, 0.1) is 26.4 Å². The largest absolute Gasteiger partial charge is 0.472 e. The van der Waals surface area contributed by atoms with Crippen molar-refractivity contribution in [1.82, 2.24) is 0 Å². The molecule has 3 N–H and O–H groups in total. The lowest BCUT2D eigenvalue weighted by Crippen LogP contribution is -2.30. The van der Waals surface area contributed by atoms with Crippen molar-refractivity contribution in [3.8, 4) is 0 Å². The molecule has 96 heavy (non-hydrogen) atoms. The van der Waals surface area contributed by atoms with E-state index in [2.05, 4.69) is 72.8 Å². The van der Waals surface area contributed by atoms with Crippen LogP contribution in [0.1, 0.15) is 370 Å². The Morgan fingerprint density at radius 2 is 0.615 bits per heavy atom. The van der Waals surface area contributed by atoms with Crippen molar-refractivity contribution in [2.24, 2.45) is 17.8 Å². The first-order chi connectivity index (χ1) is 46.3. The molecule has 0 aliphatic heterocycles. The van der Waals surface area contributed by atoms with Crippen LogP contribution in [0, 0.1) is 17.8 Å². The number of esters is 4. The minimum absolute atomic E-state index is 0.0837. The third-order valence-corrected chi connectivity index (χ3v) is 19.9. The molecule has 0 bridgehead atoms. The number of phosphoric ester groups is 2. The first-order valence-corrected chi connectivity index (χ1v) is 42.2. The highest BCUT2D eigenvalue weighted by molar-refractivity contribution is 7.47. The van der Waals surface area contributed by atoms with E-state index in [0.29, 0.717) is 31.6 Å². The van der Waals surface area contributed by atoms with Crippen LogP contribution in [0.4, 0.5) is 0 Å². The first kappa shape index (κ1) is 93.5. The predicted octanol–water partition coefficient (Wildman–Crippen LogP) is 22.1. The number of aliphatic hydroxyl groups is 1. The van der Waals surface area contributed by atoms with Crippen molar-refractivity contribution in [3.05, 3.63) is 24.3 Å². The minimum atomic E-state index is -4.96. The number of hydrogen-bond donors (Lipinski definition) is 3. The summed E-state index contributed by atoms with van der Waals surface area (Å²) in [6.45, 7) is 11.8. The van der Waals surface area contributed by atoms with E-state index < -0.39 is 97.5 Å². The molecule has 0 aliphatic carbocycles. The van der Waals surface area contributed by atoms with Crippen LogP contribution in [0.3, 0.4) is 0 Å². The molecule has 0 radical (unpaired) electrons. The third kappa shape index (κ3) is 67.4. The lowest BCUT2D eigenvalue weighted by atomic mass is 9.99. The molecule has 0 saturated heterocycles. The Hall–Kier alpha value is -2.46. The Bertz CT molecular complexity index is 1970. The molecular weight excluding hydrogens is 1260 g/mol.